The normalized spacial score (nSPS) is 14.3. The third-order valence-electron chi connectivity index (χ3n) is 6.28. The van der Waals surface area contributed by atoms with Crippen LogP contribution in [0.25, 0.3) is 5.65 Å². The zero-order chi connectivity index (χ0) is 27.0. The number of nitrogens with zero attached hydrogens (tertiary/aromatic N) is 3. The van der Waals surface area contributed by atoms with Crippen LogP contribution in [-0.4, -0.2) is 39.5 Å². The van der Waals surface area contributed by atoms with Crippen LogP contribution in [-0.2, 0) is 17.7 Å². The lowest BCUT2D eigenvalue weighted by Gasteiger charge is -2.15. The first-order chi connectivity index (χ1) is 18.2. The van der Waals surface area contributed by atoms with E-state index in [4.69, 9.17) is 16.3 Å². The van der Waals surface area contributed by atoms with Gasteiger partial charge in [-0.1, -0.05) is 23.7 Å². The van der Waals surface area contributed by atoms with E-state index >= 15 is 0 Å². The van der Waals surface area contributed by atoms with Crippen molar-refractivity contribution in [1.82, 2.24) is 25.2 Å². The topological polar surface area (TPSA) is 115 Å². The van der Waals surface area contributed by atoms with E-state index in [9.17, 15) is 23.2 Å². The summed E-state index contributed by atoms with van der Waals surface area (Å²) in [7, 11) is 1.30. The number of amides is 2. The molecule has 2 aromatic heterocycles. The van der Waals surface area contributed by atoms with Gasteiger partial charge in [-0.2, -0.15) is 5.10 Å². The van der Waals surface area contributed by atoms with Gasteiger partial charge in [0.1, 0.15) is 17.2 Å². The van der Waals surface area contributed by atoms with Gasteiger partial charge < -0.3 is 15.4 Å². The van der Waals surface area contributed by atoms with Crippen LogP contribution in [0.3, 0.4) is 0 Å². The molecule has 0 aliphatic heterocycles. The summed E-state index contributed by atoms with van der Waals surface area (Å²) in [6.07, 6.45) is 2.12. The molecular weight excluding hydrogens is 520 g/mol. The number of halogens is 3. The lowest BCUT2D eigenvalue weighted by Crippen LogP contribution is -2.30. The van der Waals surface area contributed by atoms with Crippen molar-refractivity contribution in [3.8, 4) is 0 Å². The van der Waals surface area contributed by atoms with Crippen molar-refractivity contribution in [3.05, 3.63) is 99.0 Å². The largest absolute Gasteiger partial charge is 0.465 e. The van der Waals surface area contributed by atoms with Crippen LogP contribution >= 0.6 is 11.6 Å². The Morgan fingerprint density at radius 3 is 2.68 bits per heavy atom. The summed E-state index contributed by atoms with van der Waals surface area (Å²) in [5.41, 5.74) is 2.12. The molecule has 1 aliphatic rings. The molecular formula is C26H20ClF2N5O4. The molecule has 2 heterocycles. The molecule has 0 spiro atoms. The standard InChI is InChI=1S/C26H20ClF2N5O4/c1-38-26(37)15-3-5-16-14(9-15)4-7-20(16)33-25(36)22-10-21(32-23-19(29)12-31-34(22)23)24(35)30-11-13-2-6-18(28)17(27)8-13/h2-3,5-6,8-10,12,20H,4,7,11H2,1H3,(H,30,35)(H,33,36)/t20-/m0/s1. The first kappa shape index (κ1) is 25.3. The average Bonchev–Trinajstić information content (AvgIpc) is 3.50. The molecule has 0 unspecified atom stereocenters. The fourth-order valence-electron chi connectivity index (χ4n) is 4.38. The molecule has 2 amide bonds. The van der Waals surface area contributed by atoms with Crippen LogP contribution in [0.2, 0.25) is 5.02 Å². The number of fused-ring (bicyclic) bond motifs is 2. The predicted octanol–water partition coefficient (Wildman–Crippen LogP) is 3.79. The van der Waals surface area contributed by atoms with Crippen LogP contribution in [0, 0.1) is 11.6 Å². The Morgan fingerprint density at radius 1 is 1.11 bits per heavy atom. The second-order valence-corrected chi connectivity index (χ2v) is 9.06. The van der Waals surface area contributed by atoms with Gasteiger partial charge in [-0.25, -0.2) is 23.1 Å². The SMILES string of the molecule is COC(=O)c1ccc2c(c1)CC[C@@H]2NC(=O)c1cc(C(=O)NCc2ccc(F)c(Cl)c2)nc2c(F)cnn12. The molecule has 1 aliphatic carbocycles. The van der Waals surface area contributed by atoms with E-state index in [1.807, 2.05) is 0 Å². The Hall–Kier alpha value is -4.38. The maximum atomic E-state index is 14.4. The van der Waals surface area contributed by atoms with E-state index < -0.39 is 29.4 Å². The molecule has 0 bridgehead atoms. The van der Waals surface area contributed by atoms with E-state index in [1.54, 1.807) is 18.2 Å². The second kappa shape index (κ2) is 10.2. The molecule has 0 saturated heterocycles. The lowest BCUT2D eigenvalue weighted by atomic mass is 10.0. The van der Waals surface area contributed by atoms with Crippen molar-refractivity contribution in [3.63, 3.8) is 0 Å². The average molecular weight is 540 g/mol. The summed E-state index contributed by atoms with van der Waals surface area (Å²) in [5.74, 6) is -3.11. The van der Waals surface area contributed by atoms with Gasteiger partial charge in [0.05, 0.1) is 29.9 Å². The monoisotopic (exact) mass is 539 g/mol. The summed E-state index contributed by atoms with van der Waals surface area (Å²) >= 11 is 5.79. The molecule has 2 aromatic carbocycles. The summed E-state index contributed by atoms with van der Waals surface area (Å²) < 4.78 is 33.6. The maximum absolute atomic E-state index is 14.4. The van der Waals surface area contributed by atoms with Crippen molar-refractivity contribution in [1.29, 1.82) is 0 Å². The van der Waals surface area contributed by atoms with Crippen LogP contribution in [0.4, 0.5) is 8.78 Å². The van der Waals surface area contributed by atoms with Crippen molar-refractivity contribution in [2.24, 2.45) is 0 Å². The van der Waals surface area contributed by atoms with Crippen molar-refractivity contribution in [2.75, 3.05) is 7.11 Å². The molecule has 5 rings (SSSR count). The molecule has 12 heteroatoms. The van der Waals surface area contributed by atoms with Crippen LogP contribution < -0.4 is 10.6 Å². The highest BCUT2D eigenvalue weighted by Crippen LogP contribution is 2.32. The van der Waals surface area contributed by atoms with Crippen molar-refractivity contribution < 1.29 is 27.9 Å². The smallest absolute Gasteiger partial charge is 0.337 e. The molecule has 4 aromatic rings. The van der Waals surface area contributed by atoms with E-state index in [0.29, 0.717) is 24.0 Å². The van der Waals surface area contributed by atoms with Crippen molar-refractivity contribution in [2.45, 2.75) is 25.4 Å². The number of carbonyl (C=O) groups is 3. The lowest BCUT2D eigenvalue weighted by molar-refractivity contribution is 0.0600. The minimum absolute atomic E-state index is 0.00138. The van der Waals surface area contributed by atoms with Gasteiger partial charge in [0.2, 0.25) is 0 Å². The first-order valence-electron chi connectivity index (χ1n) is 11.5. The van der Waals surface area contributed by atoms with Crippen molar-refractivity contribution >= 4 is 35.0 Å². The summed E-state index contributed by atoms with van der Waals surface area (Å²) in [6, 6.07) is 9.98. The van der Waals surface area contributed by atoms with Gasteiger partial charge in [0, 0.05) is 12.6 Å². The Balaban J connectivity index is 1.38. The number of aryl methyl sites for hydroxylation is 1. The summed E-state index contributed by atoms with van der Waals surface area (Å²) in [6.45, 7) is 0.00138. The Bertz CT molecular complexity index is 1610. The number of esters is 1. The number of hydrogen-bond acceptors (Lipinski definition) is 6. The minimum Gasteiger partial charge on any atom is -0.465 e. The zero-order valence-electron chi connectivity index (χ0n) is 19.9. The predicted molar refractivity (Wildman–Crippen MR) is 132 cm³/mol. The summed E-state index contributed by atoms with van der Waals surface area (Å²) in [5, 5.41) is 9.31. The van der Waals surface area contributed by atoms with Gasteiger partial charge in [-0.3, -0.25) is 9.59 Å². The highest BCUT2D eigenvalue weighted by Gasteiger charge is 2.27. The number of carbonyl (C=O) groups excluding carboxylic acids is 3. The number of rotatable bonds is 6. The van der Waals surface area contributed by atoms with Gasteiger partial charge in [0.15, 0.2) is 11.5 Å². The van der Waals surface area contributed by atoms with Crippen LogP contribution in [0.5, 0.6) is 0 Å². The van der Waals surface area contributed by atoms with Gasteiger partial charge in [-0.05, 0) is 53.8 Å². The first-order valence-corrected chi connectivity index (χ1v) is 11.9. The molecule has 194 valence electrons. The molecule has 38 heavy (non-hydrogen) atoms. The molecule has 1 atom stereocenters. The quantitative estimate of drug-likeness (QED) is 0.360. The highest BCUT2D eigenvalue weighted by molar-refractivity contribution is 6.30. The number of nitrogens with one attached hydrogen (secondary N) is 2. The molecule has 9 nitrogen and oxygen atoms in total. The van der Waals surface area contributed by atoms with Gasteiger partial charge >= 0.3 is 5.97 Å². The van der Waals surface area contributed by atoms with Crippen LogP contribution in [0.1, 0.15) is 60.5 Å². The molecule has 2 N–H and O–H groups in total. The number of hydrogen-bond donors (Lipinski definition) is 2. The highest BCUT2D eigenvalue weighted by atomic mass is 35.5. The third kappa shape index (κ3) is 4.80. The number of benzene rings is 2. The second-order valence-electron chi connectivity index (χ2n) is 8.66. The zero-order valence-corrected chi connectivity index (χ0v) is 20.7. The van der Waals surface area contributed by atoms with Gasteiger partial charge in [-0.15, -0.1) is 0 Å². The molecule has 0 saturated carbocycles. The Kier molecular flexibility index (Phi) is 6.77. The number of methoxy groups -OCH3 is 1. The fraction of sp³-hybridized carbons (Fsp3) is 0.192. The van der Waals surface area contributed by atoms with E-state index in [2.05, 4.69) is 20.7 Å². The van der Waals surface area contributed by atoms with E-state index in [1.165, 1.54) is 31.4 Å². The number of aromatic nitrogens is 3. The number of ether oxygens (including phenoxy) is 1. The molecule has 0 radical (unpaired) electrons. The third-order valence-corrected chi connectivity index (χ3v) is 6.57. The summed E-state index contributed by atoms with van der Waals surface area (Å²) in [4.78, 5) is 42.0. The van der Waals surface area contributed by atoms with Crippen LogP contribution in [0.15, 0.2) is 48.7 Å². The molecule has 0 fully saturated rings. The minimum atomic E-state index is -0.805. The van der Waals surface area contributed by atoms with E-state index in [0.717, 1.165) is 21.8 Å². The maximum Gasteiger partial charge on any atom is 0.337 e. The fourth-order valence-corrected chi connectivity index (χ4v) is 4.58. The Morgan fingerprint density at radius 2 is 1.92 bits per heavy atom. The van der Waals surface area contributed by atoms with Gasteiger partial charge in [0.25, 0.3) is 11.8 Å². The Labute approximate surface area is 219 Å². The van der Waals surface area contributed by atoms with E-state index in [-0.39, 0.29) is 34.6 Å².